The van der Waals surface area contributed by atoms with Crippen molar-refractivity contribution in [3.05, 3.63) is 121 Å². The second-order valence-corrected chi connectivity index (χ2v) is 11.9. The Balaban J connectivity index is 1.31. The molecule has 1 aliphatic carbocycles. The molecule has 2 aromatic heterocycles. The van der Waals surface area contributed by atoms with E-state index >= 15 is 0 Å². The third-order valence-electron chi connectivity index (χ3n) is 7.58. The van der Waals surface area contributed by atoms with E-state index in [1.165, 1.54) is 35.6 Å². The highest BCUT2D eigenvalue weighted by Crippen LogP contribution is 2.47. The molecule has 0 bridgehead atoms. The fourth-order valence-corrected chi connectivity index (χ4v) is 6.87. The molecule has 0 saturated heterocycles. The van der Waals surface area contributed by atoms with Crippen LogP contribution >= 0.6 is 27.3 Å². The topological polar surface area (TPSA) is 58.7 Å². The molecule has 7 rings (SSSR count). The monoisotopic (exact) mass is 629 g/mol. The van der Waals surface area contributed by atoms with E-state index in [0.29, 0.717) is 22.0 Å². The summed E-state index contributed by atoms with van der Waals surface area (Å²) in [5.74, 6) is -0.510. The van der Waals surface area contributed by atoms with E-state index in [1.54, 1.807) is 36.4 Å². The van der Waals surface area contributed by atoms with Crippen molar-refractivity contribution in [1.29, 1.82) is 0 Å². The molecule has 0 radical (unpaired) electrons. The van der Waals surface area contributed by atoms with Crippen molar-refractivity contribution in [3.8, 4) is 11.3 Å². The Morgan fingerprint density at radius 2 is 1.76 bits per heavy atom. The zero-order valence-corrected chi connectivity index (χ0v) is 24.0. The molecule has 3 heterocycles. The van der Waals surface area contributed by atoms with Crippen molar-refractivity contribution < 1.29 is 13.2 Å². The Labute approximate surface area is 246 Å². The lowest BCUT2D eigenvalue weighted by atomic mass is 9.77. The van der Waals surface area contributed by atoms with Crippen LogP contribution in [0, 0.1) is 17.6 Å². The van der Waals surface area contributed by atoms with E-state index in [-0.39, 0.29) is 23.6 Å². The molecule has 2 aliphatic rings. The maximum absolute atomic E-state index is 13.9. The molecule has 0 spiro atoms. The van der Waals surface area contributed by atoms with Gasteiger partial charge >= 0.3 is 5.63 Å². The number of fused-ring (bicyclic) bond motifs is 2. The van der Waals surface area contributed by atoms with E-state index in [9.17, 15) is 13.6 Å². The summed E-state index contributed by atoms with van der Waals surface area (Å²) in [5.41, 5.74) is 4.83. The Morgan fingerprint density at radius 1 is 1.00 bits per heavy atom. The summed E-state index contributed by atoms with van der Waals surface area (Å²) in [6.45, 7) is 0. The number of nitrogens with zero attached hydrogens (tertiary/aromatic N) is 3. The Hall–Kier alpha value is -3.95. The van der Waals surface area contributed by atoms with Crippen molar-refractivity contribution in [2.45, 2.75) is 25.3 Å². The van der Waals surface area contributed by atoms with E-state index in [4.69, 9.17) is 14.5 Å². The zero-order chi connectivity index (χ0) is 28.1. The molecule has 2 atom stereocenters. The molecule has 204 valence electrons. The van der Waals surface area contributed by atoms with Gasteiger partial charge in [0.2, 0.25) is 5.13 Å². The van der Waals surface area contributed by atoms with Crippen LogP contribution in [-0.2, 0) is 0 Å². The third-order valence-corrected chi connectivity index (χ3v) is 8.91. The minimum Gasteiger partial charge on any atom is -0.422 e. The molecule has 5 nitrogen and oxygen atoms in total. The normalized spacial score (nSPS) is 19.5. The van der Waals surface area contributed by atoms with Gasteiger partial charge in [-0.25, -0.2) is 23.6 Å². The van der Waals surface area contributed by atoms with Crippen LogP contribution in [0.25, 0.3) is 28.3 Å². The van der Waals surface area contributed by atoms with Crippen molar-refractivity contribution in [3.63, 3.8) is 0 Å². The van der Waals surface area contributed by atoms with Gasteiger partial charge in [0.05, 0.1) is 23.0 Å². The number of benzene rings is 3. The fraction of sp³-hybridized carbons (Fsp3) is 0.156. The number of anilines is 1. The van der Waals surface area contributed by atoms with Crippen LogP contribution < -0.4 is 10.6 Å². The second kappa shape index (κ2) is 10.5. The molecule has 5 aromatic rings. The molecule has 3 aromatic carbocycles. The molecular weight excluding hydrogens is 608 g/mol. The smallest absolute Gasteiger partial charge is 0.345 e. The highest BCUT2D eigenvalue weighted by molar-refractivity contribution is 9.10. The quantitative estimate of drug-likeness (QED) is 0.186. The number of rotatable bonds is 4. The van der Waals surface area contributed by atoms with Gasteiger partial charge in [0.15, 0.2) is 0 Å². The molecule has 0 amide bonds. The van der Waals surface area contributed by atoms with Crippen LogP contribution in [-0.4, -0.2) is 10.7 Å². The first-order valence-electron chi connectivity index (χ1n) is 13.2. The largest absolute Gasteiger partial charge is 0.422 e. The zero-order valence-electron chi connectivity index (χ0n) is 21.6. The van der Waals surface area contributed by atoms with E-state index in [0.717, 1.165) is 51.5 Å². The van der Waals surface area contributed by atoms with Gasteiger partial charge in [-0.05, 0) is 90.6 Å². The number of allylic oxidation sites excluding steroid dienone is 1. The van der Waals surface area contributed by atoms with Crippen LogP contribution in [0.5, 0.6) is 0 Å². The molecule has 1 fully saturated rings. The molecule has 1 aliphatic heterocycles. The van der Waals surface area contributed by atoms with Gasteiger partial charge < -0.3 is 4.42 Å². The summed E-state index contributed by atoms with van der Waals surface area (Å²) in [7, 11) is 0. The lowest BCUT2D eigenvalue weighted by molar-refractivity contribution is 0.486. The molecule has 1 saturated carbocycles. The highest BCUT2D eigenvalue weighted by atomic mass is 79.9. The lowest BCUT2D eigenvalue weighted by Crippen LogP contribution is -2.28. The van der Waals surface area contributed by atoms with Gasteiger partial charge in [-0.3, -0.25) is 0 Å². The summed E-state index contributed by atoms with van der Waals surface area (Å²) in [4.78, 5) is 17.7. The summed E-state index contributed by atoms with van der Waals surface area (Å²) in [6, 6.07) is 20.0. The average Bonchev–Trinajstić information content (AvgIpc) is 3.61. The first-order valence-corrected chi connectivity index (χ1v) is 14.9. The van der Waals surface area contributed by atoms with Crippen molar-refractivity contribution >= 4 is 55.2 Å². The van der Waals surface area contributed by atoms with Gasteiger partial charge in [-0.2, -0.15) is 5.10 Å². The van der Waals surface area contributed by atoms with E-state index in [2.05, 4.69) is 22.0 Å². The first kappa shape index (κ1) is 26.0. The Bertz CT molecular complexity index is 1900. The maximum Gasteiger partial charge on any atom is 0.345 e. The predicted molar refractivity (Wildman–Crippen MR) is 162 cm³/mol. The predicted octanol–water partition coefficient (Wildman–Crippen LogP) is 8.76. The van der Waals surface area contributed by atoms with E-state index in [1.807, 2.05) is 22.5 Å². The van der Waals surface area contributed by atoms with Gasteiger partial charge in [-0.15, -0.1) is 11.3 Å². The number of hydrazone groups is 1. The Kier molecular flexibility index (Phi) is 6.63. The number of aromatic nitrogens is 1. The highest BCUT2D eigenvalue weighted by Gasteiger charge is 2.43. The molecule has 41 heavy (non-hydrogen) atoms. The van der Waals surface area contributed by atoms with Crippen molar-refractivity contribution in [2.24, 2.45) is 11.0 Å². The summed E-state index contributed by atoms with van der Waals surface area (Å²) in [6.07, 6.45) is 4.81. The number of hydrogen-bond acceptors (Lipinski definition) is 6. The average molecular weight is 631 g/mol. The number of halogens is 3. The van der Waals surface area contributed by atoms with Crippen molar-refractivity contribution in [2.75, 3.05) is 5.01 Å². The van der Waals surface area contributed by atoms with Gasteiger partial charge in [0, 0.05) is 21.2 Å². The minimum atomic E-state index is -0.460. The van der Waals surface area contributed by atoms with Crippen molar-refractivity contribution in [1.82, 2.24) is 4.98 Å². The van der Waals surface area contributed by atoms with E-state index < -0.39 is 5.63 Å². The number of hydrogen-bond donors (Lipinski definition) is 0. The SMILES string of the molecule is O=c1oc2ccc(Br)cc2cc1-c1csc(N2N=C3/C(=C\c4ccc(F)cc4)CCC[C@H]3[C@@H]2c2ccc(F)cc2)n1. The minimum absolute atomic E-state index is 0.0661. The van der Waals surface area contributed by atoms with Crippen LogP contribution in [0.1, 0.15) is 36.4 Å². The van der Waals surface area contributed by atoms with Gasteiger partial charge in [-0.1, -0.05) is 40.2 Å². The third kappa shape index (κ3) is 4.93. The standard InChI is InChI=1S/C32H22BrF2N3O2S/c33-22-8-13-28-21(15-22)16-26(31(39)40-28)27-17-41-32(36-27)38-30(19-6-11-24(35)12-7-19)25-3-1-2-20(29(25)37-38)14-18-4-9-23(34)10-5-18/h4-17,25,30H,1-3H2/b20-14-/t25-,30+/m1/s1. The molecule has 0 unspecified atom stereocenters. The van der Waals surface area contributed by atoms with Crippen LogP contribution in [0.4, 0.5) is 13.9 Å². The molecule has 0 N–H and O–H groups in total. The fourth-order valence-electron chi connectivity index (χ4n) is 5.68. The van der Waals surface area contributed by atoms with Crippen LogP contribution in [0.3, 0.4) is 0 Å². The first-order chi connectivity index (χ1) is 19.9. The maximum atomic E-state index is 13.9. The second-order valence-electron chi connectivity index (χ2n) is 10.2. The molecular formula is C32H22BrF2N3O2S. The Morgan fingerprint density at radius 3 is 2.54 bits per heavy atom. The van der Waals surface area contributed by atoms with Crippen LogP contribution in [0.2, 0.25) is 0 Å². The summed E-state index contributed by atoms with van der Waals surface area (Å²) >= 11 is 4.87. The summed E-state index contributed by atoms with van der Waals surface area (Å²) in [5, 5.41) is 10.3. The molecule has 9 heteroatoms. The lowest BCUT2D eigenvalue weighted by Gasteiger charge is -2.29. The number of thiazole rings is 1. The summed E-state index contributed by atoms with van der Waals surface area (Å²) < 4.78 is 33.9. The van der Waals surface area contributed by atoms with Crippen LogP contribution in [0.15, 0.2) is 103 Å². The van der Waals surface area contributed by atoms with Gasteiger partial charge in [0.1, 0.15) is 17.2 Å². The van der Waals surface area contributed by atoms with Gasteiger partial charge in [0.25, 0.3) is 0 Å².